The summed E-state index contributed by atoms with van der Waals surface area (Å²) in [7, 11) is 4.08. The zero-order valence-electron chi connectivity index (χ0n) is 17.4. The molecule has 0 fully saturated rings. The quantitative estimate of drug-likeness (QED) is 0.503. The lowest BCUT2D eigenvalue weighted by Gasteiger charge is -2.17. The van der Waals surface area contributed by atoms with E-state index in [1.54, 1.807) is 12.1 Å². The molecule has 0 bridgehead atoms. The molecule has 0 aliphatic carbocycles. The number of ether oxygens (including phenoxy) is 1. The van der Waals surface area contributed by atoms with Crippen LogP contribution in [-0.4, -0.2) is 37.3 Å². The van der Waals surface area contributed by atoms with Crippen molar-refractivity contribution in [2.75, 3.05) is 27.2 Å². The number of rotatable bonds is 8. The second kappa shape index (κ2) is 9.94. The highest BCUT2D eigenvalue weighted by molar-refractivity contribution is 5.98. The third-order valence-corrected chi connectivity index (χ3v) is 4.86. The minimum absolute atomic E-state index is 0.270. The summed E-state index contributed by atoms with van der Waals surface area (Å²) in [4.78, 5) is 2.11. The Morgan fingerprint density at radius 3 is 2.17 bits per heavy atom. The van der Waals surface area contributed by atoms with E-state index >= 15 is 0 Å². The van der Waals surface area contributed by atoms with Gasteiger partial charge in [-0.25, -0.2) is 0 Å². The Labute approximate surface area is 173 Å². The summed E-state index contributed by atoms with van der Waals surface area (Å²) in [6, 6.07) is 26.2. The highest BCUT2D eigenvalue weighted by Crippen LogP contribution is 2.36. The van der Waals surface area contributed by atoms with E-state index in [2.05, 4.69) is 48.2 Å². The van der Waals surface area contributed by atoms with E-state index in [1.807, 2.05) is 44.4 Å². The Balaban J connectivity index is 2.09. The summed E-state index contributed by atoms with van der Waals surface area (Å²) < 4.78 is 5.98. The average molecular weight is 388 g/mol. The van der Waals surface area contributed by atoms with Crippen LogP contribution in [0.5, 0.6) is 11.5 Å². The number of phenolic OH excluding ortho intramolecular Hbond substituents is 1. The van der Waals surface area contributed by atoms with Crippen molar-refractivity contribution >= 4 is 11.1 Å². The predicted molar refractivity (Wildman–Crippen MR) is 121 cm³/mol. The number of likely N-dealkylation sites (N-methyl/N-ethyl adjacent to an activating group) is 1. The van der Waals surface area contributed by atoms with Gasteiger partial charge in [0.05, 0.1) is 0 Å². The maximum absolute atomic E-state index is 9.77. The van der Waals surface area contributed by atoms with Gasteiger partial charge in [0, 0.05) is 6.54 Å². The fraction of sp³-hybridized carbons (Fsp3) is 0.231. The summed E-state index contributed by atoms with van der Waals surface area (Å²) in [6.07, 6.45) is 0.895. The molecule has 0 radical (unpaired) electrons. The van der Waals surface area contributed by atoms with Gasteiger partial charge in [0.2, 0.25) is 0 Å². The number of hydrogen-bond acceptors (Lipinski definition) is 3. The van der Waals surface area contributed by atoms with Crippen molar-refractivity contribution in [3.05, 3.63) is 95.6 Å². The largest absolute Gasteiger partial charge is 0.508 e. The van der Waals surface area contributed by atoms with Gasteiger partial charge in [0.1, 0.15) is 18.1 Å². The molecule has 0 amide bonds. The van der Waals surface area contributed by atoms with Gasteiger partial charge in [-0.3, -0.25) is 0 Å². The van der Waals surface area contributed by atoms with Crippen molar-refractivity contribution in [1.82, 2.24) is 4.90 Å². The van der Waals surface area contributed by atoms with Gasteiger partial charge >= 0.3 is 0 Å². The topological polar surface area (TPSA) is 32.7 Å². The lowest BCUT2D eigenvalue weighted by Crippen LogP contribution is -2.19. The number of nitrogens with zero attached hydrogens (tertiary/aromatic N) is 1. The van der Waals surface area contributed by atoms with Gasteiger partial charge in [-0.2, -0.15) is 0 Å². The van der Waals surface area contributed by atoms with Crippen LogP contribution in [-0.2, 0) is 0 Å². The van der Waals surface area contributed by atoms with Gasteiger partial charge < -0.3 is 14.7 Å². The zero-order valence-corrected chi connectivity index (χ0v) is 17.4. The third-order valence-electron chi connectivity index (χ3n) is 4.86. The molecular weight excluding hydrogens is 358 g/mol. The van der Waals surface area contributed by atoms with Gasteiger partial charge in [0.25, 0.3) is 0 Å². The van der Waals surface area contributed by atoms with Crippen LogP contribution >= 0.6 is 0 Å². The molecule has 0 unspecified atom stereocenters. The normalized spacial score (nSPS) is 12.0. The van der Waals surface area contributed by atoms with E-state index in [-0.39, 0.29) is 5.75 Å². The number of hydrogen-bond donors (Lipinski definition) is 1. The third kappa shape index (κ3) is 5.49. The Morgan fingerprint density at radius 2 is 1.52 bits per heavy atom. The van der Waals surface area contributed by atoms with E-state index in [0.29, 0.717) is 6.61 Å². The first kappa shape index (κ1) is 20.7. The molecule has 150 valence electrons. The molecule has 29 heavy (non-hydrogen) atoms. The molecule has 3 heteroatoms. The van der Waals surface area contributed by atoms with Gasteiger partial charge in [-0.15, -0.1) is 0 Å². The van der Waals surface area contributed by atoms with Crippen LogP contribution in [0.25, 0.3) is 11.1 Å². The molecule has 0 spiro atoms. The first-order valence-corrected chi connectivity index (χ1v) is 10.0. The minimum Gasteiger partial charge on any atom is -0.508 e. The molecule has 3 aromatic rings. The van der Waals surface area contributed by atoms with Crippen molar-refractivity contribution in [1.29, 1.82) is 0 Å². The lowest BCUT2D eigenvalue weighted by molar-refractivity contribution is 0.261. The highest BCUT2D eigenvalue weighted by Gasteiger charge is 2.14. The maximum Gasteiger partial charge on any atom is 0.119 e. The van der Waals surface area contributed by atoms with Crippen LogP contribution in [0, 0.1) is 0 Å². The summed E-state index contributed by atoms with van der Waals surface area (Å²) in [5.41, 5.74) is 5.82. The van der Waals surface area contributed by atoms with E-state index in [1.165, 1.54) is 11.1 Å². The standard InChI is InChI=1S/C26H29NO2/c1-4-25(20-9-6-5-7-10-20)26(21-13-15-23(28)16-14-21)22-11-8-12-24(19-22)29-18-17-27(2)3/h5-16,19,28H,4,17-18H2,1-3H3/b26-25-. The second-order valence-corrected chi connectivity index (χ2v) is 7.30. The van der Waals surface area contributed by atoms with Crippen molar-refractivity contribution in [3.63, 3.8) is 0 Å². The average Bonchev–Trinajstić information content (AvgIpc) is 2.73. The monoisotopic (exact) mass is 387 g/mol. The van der Waals surface area contributed by atoms with E-state index in [0.717, 1.165) is 35.4 Å². The second-order valence-electron chi connectivity index (χ2n) is 7.30. The van der Waals surface area contributed by atoms with Crippen molar-refractivity contribution in [2.24, 2.45) is 0 Å². The van der Waals surface area contributed by atoms with E-state index in [9.17, 15) is 5.11 Å². The molecule has 0 saturated carbocycles. The van der Waals surface area contributed by atoms with E-state index in [4.69, 9.17) is 4.74 Å². The molecule has 0 aromatic heterocycles. The minimum atomic E-state index is 0.270. The van der Waals surface area contributed by atoms with Crippen LogP contribution in [0.1, 0.15) is 30.0 Å². The lowest BCUT2D eigenvalue weighted by atomic mass is 9.88. The van der Waals surface area contributed by atoms with Crippen molar-refractivity contribution in [2.45, 2.75) is 13.3 Å². The summed E-state index contributed by atoms with van der Waals surface area (Å²) in [6.45, 7) is 3.70. The fourth-order valence-electron chi connectivity index (χ4n) is 3.40. The molecule has 0 aliphatic heterocycles. The summed E-state index contributed by atoms with van der Waals surface area (Å²) >= 11 is 0. The number of allylic oxidation sites excluding steroid dienone is 1. The molecule has 1 N–H and O–H groups in total. The fourth-order valence-corrected chi connectivity index (χ4v) is 3.40. The smallest absolute Gasteiger partial charge is 0.119 e. The number of benzene rings is 3. The number of aromatic hydroxyl groups is 1. The molecule has 3 aromatic carbocycles. The van der Waals surface area contributed by atoms with Crippen molar-refractivity contribution < 1.29 is 9.84 Å². The molecule has 3 nitrogen and oxygen atoms in total. The highest BCUT2D eigenvalue weighted by atomic mass is 16.5. The Hall–Kier alpha value is -3.04. The van der Waals surface area contributed by atoms with Crippen molar-refractivity contribution in [3.8, 4) is 11.5 Å². The number of phenols is 1. The van der Waals surface area contributed by atoms with Crippen LogP contribution < -0.4 is 4.74 Å². The zero-order chi connectivity index (χ0) is 20.6. The predicted octanol–water partition coefficient (Wildman–Crippen LogP) is 5.70. The Bertz CT molecular complexity index is 944. The molecule has 0 saturated heterocycles. The van der Waals surface area contributed by atoms with Crippen LogP contribution in [0.4, 0.5) is 0 Å². The first-order chi connectivity index (χ1) is 14.1. The van der Waals surface area contributed by atoms with Gasteiger partial charge in [-0.05, 0) is 72.6 Å². The summed E-state index contributed by atoms with van der Waals surface area (Å²) in [5, 5.41) is 9.77. The SMILES string of the molecule is CC/C(=C(\c1ccc(O)cc1)c1cccc(OCCN(C)C)c1)c1ccccc1. The van der Waals surface area contributed by atoms with E-state index < -0.39 is 0 Å². The first-order valence-electron chi connectivity index (χ1n) is 10.0. The molecule has 3 rings (SSSR count). The molecule has 0 atom stereocenters. The Morgan fingerprint density at radius 1 is 0.828 bits per heavy atom. The Kier molecular flexibility index (Phi) is 7.09. The van der Waals surface area contributed by atoms with Gasteiger partial charge in [0.15, 0.2) is 0 Å². The summed E-state index contributed by atoms with van der Waals surface area (Å²) in [5.74, 6) is 1.13. The van der Waals surface area contributed by atoms with Crippen LogP contribution in [0.3, 0.4) is 0 Å². The molecule has 0 aliphatic rings. The van der Waals surface area contributed by atoms with Gasteiger partial charge in [-0.1, -0.05) is 61.5 Å². The molecular formula is C26H29NO2. The molecule has 0 heterocycles. The van der Waals surface area contributed by atoms with Crippen LogP contribution in [0.15, 0.2) is 78.9 Å². The maximum atomic E-state index is 9.77. The van der Waals surface area contributed by atoms with Crippen LogP contribution in [0.2, 0.25) is 0 Å².